The molecule has 1 fully saturated rings. The summed E-state index contributed by atoms with van der Waals surface area (Å²) < 4.78 is 5.72. The number of hydrogen-bond acceptors (Lipinski definition) is 3. The number of piperidine rings is 1. The highest BCUT2D eigenvalue weighted by atomic mass is 35.5. The van der Waals surface area contributed by atoms with E-state index in [0.717, 1.165) is 54.8 Å². The Hall–Kier alpha value is -1.32. The number of alkyl halides is 1. The number of nitrogens with zero attached hydrogens (tertiary/aromatic N) is 2. The number of pyridine rings is 1. The van der Waals surface area contributed by atoms with E-state index in [1.807, 2.05) is 12.1 Å². The maximum absolute atomic E-state index is 6.14. The molecule has 1 aromatic carbocycles. The van der Waals surface area contributed by atoms with Crippen LogP contribution in [0.15, 0.2) is 30.3 Å². The number of anilines is 1. The molecule has 0 spiro atoms. The van der Waals surface area contributed by atoms with Gasteiger partial charge in [-0.05, 0) is 31.9 Å². The third-order valence-electron chi connectivity index (χ3n) is 4.07. The van der Waals surface area contributed by atoms with Crippen molar-refractivity contribution in [1.82, 2.24) is 4.98 Å². The SMILES string of the molecule is CCOC1CCN(c2nc3ccccc3cc2CCl)CC1. The maximum Gasteiger partial charge on any atom is 0.133 e. The van der Waals surface area contributed by atoms with Crippen molar-refractivity contribution in [1.29, 1.82) is 0 Å². The van der Waals surface area contributed by atoms with Gasteiger partial charge in [0.15, 0.2) is 0 Å². The van der Waals surface area contributed by atoms with Crippen molar-refractivity contribution in [2.24, 2.45) is 0 Å². The first-order valence-corrected chi connectivity index (χ1v) is 8.16. The molecule has 3 rings (SSSR count). The normalized spacial score (nSPS) is 16.6. The smallest absolute Gasteiger partial charge is 0.133 e. The van der Waals surface area contributed by atoms with Crippen LogP contribution in [-0.4, -0.2) is 30.8 Å². The molecule has 2 aromatic rings. The van der Waals surface area contributed by atoms with Gasteiger partial charge in [-0.3, -0.25) is 0 Å². The third-order valence-corrected chi connectivity index (χ3v) is 4.36. The summed E-state index contributed by atoms with van der Waals surface area (Å²) in [5, 5.41) is 1.15. The van der Waals surface area contributed by atoms with Crippen molar-refractivity contribution in [3.8, 4) is 0 Å². The van der Waals surface area contributed by atoms with Gasteiger partial charge in [0.25, 0.3) is 0 Å². The summed E-state index contributed by atoms with van der Waals surface area (Å²) in [6.07, 6.45) is 2.51. The summed E-state index contributed by atoms with van der Waals surface area (Å²) in [7, 11) is 0. The molecule has 4 heteroatoms. The molecule has 1 aliphatic heterocycles. The van der Waals surface area contributed by atoms with Gasteiger partial charge < -0.3 is 9.64 Å². The number of fused-ring (bicyclic) bond motifs is 1. The summed E-state index contributed by atoms with van der Waals surface area (Å²) in [4.78, 5) is 7.19. The summed E-state index contributed by atoms with van der Waals surface area (Å²) in [6, 6.07) is 10.4. The van der Waals surface area contributed by atoms with Gasteiger partial charge in [0, 0.05) is 30.6 Å². The predicted molar refractivity (Wildman–Crippen MR) is 88.2 cm³/mol. The van der Waals surface area contributed by atoms with Crippen LogP contribution < -0.4 is 4.90 Å². The number of aromatic nitrogens is 1. The molecule has 1 aliphatic rings. The fraction of sp³-hybridized carbons (Fsp3) is 0.471. The zero-order valence-electron chi connectivity index (χ0n) is 12.4. The number of halogens is 1. The average Bonchev–Trinajstić information content (AvgIpc) is 2.54. The number of ether oxygens (including phenoxy) is 1. The Labute approximate surface area is 130 Å². The fourth-order valence-electron chi connectivity index (χ4n) is 2.99. The van der Waals surface area contributed by atoms with Gasteiger partial charge in [0.2, 0.25) is 0 Å². The Kier molecular flexibility index (Phi) is 4.61. The lowest BCUT2D eigenvalue weighted by Gasteiger charge is -2.33. The van der Waals surface area contributed by atoms with Crippen LogP contribution in [0.1, 0.15) is 25.3 Å². The molecule has 0 amide bonds. The first kappa shape index (κ1) is 14.6. The predicted octanol–water partition coefficient (Wildman–Crippen LogP) is 3.98. The van der Waals surface area contributed by atoms with Gasteiger partial charge in [0.1, 0.15) is 5.82 Å². The molecule has 0 saturated carbocycles. The monoisotopic (exact) mass is 304 g/mol. The molecule has 1 saturated heterocycles. The van der Waals surface area contributed by atoms with E-state index >= 15 is 0 Å². The average molecular weight is 305 g/mol. The zero-order valence-corrected chi connectivity index (χ0v) is 13.1. The third kappa shape index (κ3) is 3.14. The van der Waals surface area contributed by atoms with Crippen LogP contribution in [0.4, 0.5) is 5.82 Å². The zero-order chi connectivity index (χ0) is 14.7. The maximum atomic E-state index is 6.14. The number of para-hydroxylation sites is 1. The van der Waals surface area contributed by atoms with Gasteiger partial charge in [-0.25, -0.2) is 4.98 Å². The van der Waals surface area contributed by atoms with Crippen molar-refractivity contribution < 1.29 is 4.74 Å². The molecule has 0 atom stereocenters. The molecule has 0 N–H and O–H groups in total. The Morgan fingerprint density at radius 2 is 2.05 bits per heavy atom. The van der Waals surface area contributed by atoms with Crippen LogP contribution in [-0.2, 0) is 10.6 Å². The summed E-state index contributed by atoms with van der Waals surface area (Å²) in [5.74, 6) is 1.54. The molecule has 0 bridgehead atoms. The molecule has 1 aromatic heterocycles. The highest BCUT2D eigenvalue weighted by Crippen LogP contribution is 2.27. The second kappa shape index (κ2) is 6.63. The Morgan fingerprint density at radius 3 is 2.76 bits per heavy atom. The molecular formula is C17H21ClN2O. The quantitative estimate of drug-likeness (QED) is 0.799. The van der Waals surface area contributed by atoms with E-state index in [2.05, 4.69) is 30.0 Å². The second-order valence-corrected chi connectivity index (χ2v) is 5.71. The van der Waals surface area contributed by atoms with Crippen LogP contribution in [0.3, 0.4) is 0 Å². The van der Waals surface area contributed by atoms with Crippen LogP contribution in [0.25, 0.3) is 10.9 Å². The first-order valence-electron chi connectivity index (χ1n) is 7.63. The van der Waals surface area contributed by atoms with E-state index in [1.165, 1.54) is 0 Å². The van der Waals surface area contributed by atoms with E-state index in [0.29, 0.717) is 12.0 Å². The number of rotatable bonds is 4. The van der Waals surface area contributed by atoms with Crippen molar-refractivity contribution in [2.75, 3.05) is 24.6 Å². The van der Waals surface area contributed by atoms with Gasteiger partial charge >= 0.3 is 0 Å². The van der Waals surface area contributed by atoms with Crippen molar-refractivity contribution in [3.63, 3.8) is 0 Å². The topological polar surface area (TPSA) is 25.4 Å². The van der Waals surface area contributed by atoms with Gasteiger partial charge in [-0.15, -0.1) is 11.6 Å². The van der Waals surface area contributed by atoms with Gasteiger partial charge in [-0.2, -0.15) is 0 Å². The summed E-state index contributed by atoms with van der Waals surface area (Å²) in [6.45, 7) is 4.83. The standard InChI is InChI=1S/C17H21ClN2O/c1-2-21-15-7-9-20(10-8-15)17-14(12-18)11-13-5-3-4-6-16(13)19-17/h3-6,11,15H,2,7-10,12H2,1H3. The lowest BCUT2D eigenvalue weighted by atomic mass is 10.1. The van der Waals surface area contributed by atoms with Crippen LogP contribution >= 0.6 is 11.6 Å². The Morgan fingerprint density at radius 1 is 1.29 bits per heavy atom. The largest absolute Gasteiger partial charge is 0.378 e. The molecule has 112 valence electrons. The first-order chi connectivity index (χ1) is 10.3. The molecule has 2 heterocycles. The molecule has 0 radical (unpaired) electrons. The summed E-state index contributed by atoms with van der Waals surface area (Å²) in [5.41, 5.74) is 2.15. The van der Waals surface area contributed by atoms with E-state index < -0.39 is 0 Å². The van der Waals surface area contributed by atoms with Crippen molar-refractivity contribution in [3.05, 3.63) is 35.9 Å². The van der Waals surface area contributed by atoms with E-state index in [1.54, 1.807) is 0 Å². The Bertz CT molecular complexity index is 609. The molecular weight excluding hydrogens is 284 g/mol. The van der Waals surface area contributed by atoms with E-state index in [-0.39, 0.29) is 0 Å². The second-order valence-electron chi connectivity index (χ2n) is 5.44. The van der Waals surface area contributed by atoms with Crippen molar-refractivity contribution in [2.45, 2.75) is 31.7 Å². The van der Waals surface area contributed by atoms with Gasteiger partial charge in [0.05, 0.1) is 17.5 Å². The highest BCUT2D eigenvalue weighted by molar-refractivity contribution is 6.17. The number of hydrogen-bond donors (Lipinski definition) is 0. The highest BCUT2D eigenvalue weighted by Gasteiger charge is 2.22. The van der Waals surface area contributed by atoms with Crippen molar-refractivity contribution >= 4 is 28.3 Å². The minimum Gasteiger partial charge on any atom is -0.378 e. The molecule has 21 heavy (non-hydrogen) atoms. The van der Waals surface area contributed by atoms with Crippen LogP contribution in [0, 0.1) is 0 Å². The Balaban J connectivity index is 1.86. The van der Waals surface area contributed by atoms with Gasteiger partial charge in [-0.1, -0.05) is 18.2 Å². The lowest BCUT2D eigenvalue weighted by Crippen LogP contribution is -2.38. The number of benzene rings is 1. The summed E-state index contributed by atoms with van der Waals surface area (Å²) >= 11 is 6.14. The van der Waals surface area contributed by atoms with Crippen LogP contribution in [0.5, 0.6) is 0 Å². The molecule has 3 nitrogen and oxygen atoms in total. The van der Waals surface area contributed by atoms with E-state index in [9.17, 15) is 0 Å². The van der Waals surface area contributed by atoms with E-state index in [4.69, 9.17) is 21.3 Å². The minimum atomic E-state index is 0.395. The lowest BCUT2D eigenvalue weighted by molar-refractivity contribution is 0.0458. The minimum absolute atomic E-state index is 0.395. The fourth-order valence-corrected chi connectivity index (χ4v) is 3.19. The van der Waals surface area contributed by atoms with Crippen LogP contribution in [0.2, 0.25) is 0 Å². The molecule has 0 aliphatic carbocycles. The molecule has 0 unspecified atom stereocenters.